The Morgan fingerprint density at radius 2 is 2.14 bits per heavy atom. The molecule has 0 atom stereocenters. The normalized spacial score (nSPS) is 9.81. The Labute approximate surface area is 126 Å². The second-order valence-corrected chi connectivity index (χ2v) is 4.59. The van der Waals surface area contributed by atoms with Crippen LogP contribution >= 0.6 is 11.6 Å². The van der Waals surface area contributed by atoms with Gasteiger partial charge in [-0.05, 0) is 24.3 Å². The van der Waals surface area contributed by atoms with Crippen molar-refractivity contribution in [3.05, 3.63) is 52.7 Å². The van der Waals surface area contributed by atoms with E-state index in [9.17, 15) is 4.79 Å². The molecule has 0 saturated carbocycles. The van der Waals surface area contributed by atoms with Crippen LogP contribution in [0.3, 0.4) is 0 Å². The van der Waals surface area contributed by atoms with E-state index >= 15 is 0 Å². The molecule has 1 aromatic carbocycles. The van der Waals surface area contributed by atoms with Crippen molar-refractivity contribution in [2.45, 2.75) is 0 Å². The number of hydrogen-bond donors (Lipinski definition) is 2. The summed E-state index contributed by atoms with van der Waals surface area (Å²) in [6.07, 6.45) is 0. The van der Waals surface area contributed by atoms with Crippen molar-refractivity contribution in [3.63, 3.8) is 0 Å². The van der Waals surface area contributed by atoms with E-state index in [1.54, 1.807) is 31.3 Å². The van der Waals surface area contributed by atoms with Gasteiger partial charge in [-0.2, -0.15) is 5.26 Å². The van der Waals surface area contributed by atoms with E-state index in [0.717, 1.165) is 0 Å². The number of rotatable bonds is 3. The van der Waals surface area contributed by atoms with Crippen LogP contribution in [0.25, 0.3) is 0 Å². The second-order valence-electron chi connectivity index (χ2n) is 4.20. The molecule has 0 aliphatic rings. The van der Waals surface area contributed by atoms with Gasteiger partial charge in [-0.25, -0.2) is 10.8 Å². The Kier molecular flexibility index (Phi) is 4.38. The number of nitrogens with one attached hydrogen (secondary N) is 1. The first-order valence-corrected chi connectivity index (χ1v) is 6.36. The monoisotopic (exact) mass is 301 g/mol. The third-order valence-electron chi connectivity index (χ3n) is 2.88. The number of nitrogens with two attached hydrogens (primary N) is 1. The number of carbonyl (C=O) groups excluding carboxylic acids is 1. The number of hydrogen-bond acceptors (Lipinski definition) is 5. The summed E-state index contributed by atoms with van der Waals surface area (Å²) in [5, 5.41) is 9.25. The van der Waals surface area contributed by atoms with Gasteiger partial charge in [0.1, 0.15) is 17.0 Å². The van der Waals surface area contributed by atoms with Crippen molar-refractivity contribution >= 4 is 29.0 Å². The lowest BCUT2D eigenvalue weighted by atomic mass is 10.1. The largest absolute Gasteiger partial charge is 0.310 e. The quantitative estimate of drug-likeness (QED) is 0.514. The molecule has 1 heterocycles. The fourth-order valence-corrected chi connectivity index (χ4v) is 2.07. The number of nitrogens with zero attached hydrogens (tertiary/aromatic N) is 3. The number of benzene rings is 1. The number of nitrogen functional groups attached to an aromatic ring is 1. The number of anilines is 2. The second kappa shape index (κ2) is 6.22. The van der Waals surface area contributed by atoms with E-state index in [0.29, 0.717) is 16.8 Å². The molecule has 0 aliphatic heterocycles. The summed E-state index contributed by atoms with van der Waals surface area (Å²) < 4.78 is 0. The van der Waals surface area contributed by atoms with Crippen molar-refractivity contribution in [1.82, 2.24) is 4.98 Å². The summed E-state index contributed by atoms with van der Waals surface area (Å²) in [7, 11) is 1.59. The lowest BCUT2D eigenvalue weighted by Gasteiger charge is -2.19. The fourth-order valence-electron chi connectivity index (χ4n) is 1.86. The lowest BCUT2D eigenvalue weighted by molar-refractivity contribution is 0.0993. The number of aromatic nitrogens is 1. The Balaban J connectivity index is 2.40. The van der Waals surface area contributed by atoms with Gasteiger partial charge in [-0.1, -0.05) is 23.7 Å². The number of halogens is 1. The summed E-state index contributed by atoms with van der Waals surface area (Å²) in [6, 6.07) is 11.8. The number of para-hydroxylation sites is 1. The Morgan fingerprint density at radius 3 is 2.81 bits per heavy atom. The van der Waals surface area contributed by atoms with Crippen LogP contribution in [0.5, 0.6) is 0 Å². The minimum atomic E-state index is -0.321. The zero-order chi connectivity index (χ0) is 15.4. The topological polar surface area (TPSA) is 95.0 Å². The fraction of sp³-hybridized carbons (Fsp3) is 0.0714. The molecule has 2 aromatic rings. The standard InChI is InChI=1S/C14H12ClN5O/c1-20(11-5-3-2-4-9(11)8-16)14(21)10-6-12(15)18-13(7-10)19-17/h2-7H,17H2,1H3,(H,18,19). The smallest absolute Gasteiger partial charge is 0.258 e. The highest BCUT2D eigenvalue weighted by Crippen LogP contribution is 2.22. The molecule has 2 rings (SSSR count). The zero-order valence-electron chi connectivity index (χ0n) is 11.2. The van der Waals surface area contributed by atoms with E-state index < -0.39 is 0 Å². The van der Waals surface area contributed by atoms with Crippen molar-refractivity contribution in [3.8, 4) is 6.07 Å². The van der Waals surface area contributed by atoms with Crippen LogP contribution in [0.1, 0.15) is 15.9 Å². The predicted molar refractivity (Wildman–Crippen MR) is 80.9 cm³/mol. The first-order valence-electron chi connectivity index (χ1n) is 5.98. The molecular weight excluding hydrogens is 290 g/mol. The molecule has 0 fully saturated rings. The van der Waals surface area contributed by atoms with Crippen molar-refractivity contribution in [1.29, 1.82) is 5.26 Å². The maximum absolute atomic E-state index is 12.5. The molecule has 0 aliphatic carbocycles. The Bertz CT molecular complexity index is 726. The molecule has 6 nitrogen and oxygen atoms in total. The first kappa shape index (κ1) is 14.8. The number of carbonyl (C=O) groups is 1. The summed E-state index contributed by atoms with van der Waals surface area (Å²) in [5.41, 5.74) is 3.59. The van der Waals surface area contributed by atoms with Gasteiger partial charge in [0.2, 0.25) is 0 Å². The summed E-state index contributed by atoms with van der Waals surface area (Å²) in [6.45, 7) is 0. The SMILES string of the molecule is CN(C(=O)c1cc(Cl)nc(NN)c1)c1ccccc1C#N. The van der Waals surface area contributed by atoms with E-state index in [1.165, 1.54) is 17.0 Å². The number of amides is 1. The van der Waals surface area contributed by atoms with Crippen LogP contribution in [0, 0.1) is 11.3 Å². The minimum Gasteiger partial charge on any atom is -0.310 e. The average Bonchev–Trinajstić information content (AvgIpc) is 2.52. The molecule has 106 valence electrons. The lowest BCUT2D eigenvalue weighted by Crippen LogP contribution is -2.27. The van der Waals surface area contributed by atoms with E-state index in [1.807, 2.05) is 0 Å². The Morgan fingerprint density at radius 1 is 1.43 bits per heavy atom. The highest BCUT2D eigenvalue weighted by Gasteiger charge is 2.17. The molecular formula is C14H12ClN5O. The molecule has 0 saturated heterocycles. The van der Waals surface area contributed by atoms with Crippen LogP contribution in [0.15, 0.2) is 36.4 Å². The van der Waals surface area contributed by atoms with Crippen LogP contribution in [-0.4, -0.2) is 17.9 Å². The summed E-state index contributed by atoms with van der Waals surface area (Å²) in [4.78, 5) is 17.8. The zero-order valence-corrected chi connectivity index (χ0v) is 11.9. The van der Waals surface area contributed by atoms with E-state index in [2.05, 4.69) is 16.5 Å². The van der Waals surface area contributed by atoms with E-state index in [-0.39, 0.29) is 16.9 Å². The highest BCUT2D eigenvalue weighted by molar-refractivity contribution is 6.30. The van der Waals surface area contributed by atoms with Gasteiger partial charge in [0.25, 0.3) is 5.91 Å². The van der Waals surface area contributed by atoms with Crippen LogP contribution in [0.4, 0.5) is 11.5 Å². The van der Waals surface area contributed by atoms with Crippen LogP contribution in [0.2, 0.25) is 5.15 Å². The predicted octanol–water partition coefficient (Wildman–Crippen LogP) is 2.17. The molecule has 1 aromatic heterocycles. The maximum Gasteiger partial charge on any atom is 0.258 e. The van der Waals surface area contributed by atoms with Gasteiger partial charge in [0.15, 0.2) is 0 Å². The van der Waals surface area contributed by atoms with Gasteiger partial charge in [-0.3, -0.25) is 4.79 Å². The molecule has 0 spiro atoms. The first-order chi connectivity index (χ1) is 10.1. The molecule has 0 unspecified atom stereocenters. The molecule has 0 radical (unpaired) electrons. The van der Waals surface area contributed by atoms with Gasteiger partial charge >= 0.3 is 0 Å². The Hall–Kier alpha value is -2.62. The number of hydrazine groups is 1. The minimum absolute atomic E-state index is 0.149. The van der Waals surface area contributed by atoms with Crippen LogP contribution in [-0.2, 0) is 0 Å². The molecule has 21 heavy (non-hydrogen) atoms. The van der Waals surface area contributed by atoms with Crippen molar-refractivity contribution in [2.24, 2.45) is 5.84 Å². The number of nitriles is 1. The van der Waals surface area contributed by atoms with Gasteiger partial charge < -0.3 is 10.3 Å². The summed E-state index contributed by atoms with van der Waals surface area (Å²) in [5.74, 6) is 5.25. The molecule has 3 N–H and O–H groups in total. The van der Waals surface area contributed by atoms with Crippen molar-refractivity contribution in [2.75, 3.05) is 17.4 Å². The summed E-state index contributed by atoms with van der Waals surface area (Å²) >= 11 is 5.85. The molecule has 0 bridgehead atoms. The maximum atomic E-state index is 12.5. The van der Waals surface area contributed by atoms with Gasteiger partial charge in [-0.15, -0.1) is 0 Å². The van der Waals surface area contributed by atoms with E-state index in [4.69, 9.17) is 22.7 Å². The highest BCUT2D eigenvalue weighted by atomic mass is 35.5. The molecule has 1 amide bonds. The average molecular weight is 302 g/mol. The molecule has 7 heteroatoms. The van der Waals surface area contributed by atoms with Crippen LogP contribution < -0.4 is 16.2 Å². The third kappa shape index (κ3) is 3.11. The van der Waals surface area contributed by atoms with Gasteiger partial charge in [0, 0.05) is 12.6 Å². The third-order valence-corrected chi connectivity index (χ3v) is 3.07. The number of pyridine rings is 1. The van der Waals surface area contributed by atoms with Gasteiger partial charge in [0.05, 0.1) is 11.3 Å². The van der Waals surface area contributed by atoms with Crippen molar-refractivity contribution < 1.29 is 4.79 Å².